The molecular weight excluding hydrogens is 394 g/mol. The molecule has 0 unspecified atom stereocenters. The smallest absolute Gasteiger partial charge is 0.241 e. The third kappa shape index (κ3) is 4.36. The molecule has 30 heavy (non-hydrogen) atoms. The number of likely N-dealkylation sites (tertiary alicyclic amines) is 1. The van der Waals surface area contributed by atoms with E-state index in [0.29, 0.717) is 11.4 Å². The number of rotatable bonds is 7. The summed E-state index contributed by atoms with van der Waals surface area (Å²) >= 11 is 0. The number of hydrogen-bond donors (Lipinski definition) is 2. The van der Waals surface area contributed by atoms with Crippen molar-refractivity contribution < 1.29 is 13.3 Å². The van der Waals surface area contributed by atoms with E-state index in [1.54, 1.807) is 12.1 Å². The molecule has 1 aliphatic heterocycles. The Morgan fingerprint density at radius 3 is 2.30 bits per heavy atom. The largest absolute Gasteiger partial charge is 0.378 e. The highest BCUT2D eigenvalue weighted by Crippen LogP contribution is 2.23. The molecule has 0 radical (unpaired) electrons. The summed E-state index contributed by atoms with van der Waals surface area (Å²) in [6.07, 6.45) is 2.38. The van der Waals surface area contributed by atoms with Gasteiger partial charge in [-0.15, -0.1) is 0 Å². The summed E-state index contributed by atoms with van der Waals surface area (Å²) in [5, 5.41) is 1.69. The van der Waals surface area contributed by atoms with Gasteiger partial charge in [-0.1, -0.05) is 48.5 Å². The summed E-state index contributed by atoms with van der Waals surface area (Å²) in [5.74, 6) is 0. The molecular formula is C24H30N3O2S+. The molecule has 1 saturated heterocycles. The van der Waals surface area contributed by atoms with E-state index < -0.39 is 10.0 Å². The minimum Gasteiger partial charge on any atom is -0.378 e. The van der Waals surface area contributed by atoms with E-state index in [1.165, 1.54) is 23.3 Å². The predicted molar refractivity (Wildman–Crippen MR) is 123 cm³/mol. The Bertz CT molecular complexity index is 1100. The van der Waals surface area contributed by atoms with Gasteiger partial charge in [0.1, 0.15) is 6.04 Å². The first-order valence-electron chi connectivity index (χ1n) is 10.5. The van der Waals surface area contributed by atoms with Crippen molar-refractivity contribution in [3.8, 4) is 0 Å². The molecule has 0 spiro atoms. The quantitative estimate of drug-likeness (QED) is 0.613. The van der Waals surface area contributed by atoms with Crippen molar-refractivity contribution >= 4 is 26.5 Å². The van der Waals surface area contributed by atoms with Crippen LogP contribution in [0.15, 0.2) is 71.6 Å². The molecule has 158 valence electrons. The number of anilines is 1. The molecule has 1 fully saturated rings. The van der Waals surface area contributed by atoms with Crippen LogP contribution in [0.25, 0.3) is 10.8 Å². The van der Waals surface area contributed by atoms with Crippen LogP contribution in [0.3, 0.4) is 0 Å². The van der Waals surface area contributed by atoms with E-state index in [2.05, 4.69) is 33.9 Å². The average Bonchev–Trinajstić information content (AvgIpc) is 3.28. The van der Waals surface area contributed by atoms with Gasteiger partial charge in [0.25, 0.3) is 0 Å². The van der Waals surface area contributed by atoms with Crippen LogP contribution in [0.4, 0.5) is 5.69 Å². The average molecular weight is 425 g/mol. The van der Waals surface area contributed by atoms with Crippen LogP contribution in [-0.4, -0.2) is 42.1 Å². The second-order valence-corrected chi connectivity index (χ2v) is 9.97. The Balaban J connectivity index is 1.60. The minimum atomic E-state index is -3.61. The SMILES string of the molecule is CN(C)c1ccc([C@@H](CNS(=O)(=O)c2cccc3ccccc23)[NH+]2CCCC2)cc1. The molecule has 0 amide bonds. The molecule has 3 aromatic carbocycles. The fourth-order valence-electron chi connectivity index (χ4n) is 4.38. The summed E-state index contributed by atoms with van der Waals surface area (Å²) in [4.78, 5) is 3.87. The molecule has 6 heteroatoms. The molecule has 0 aromatic heterocycles. The van der Waals surface area contributed by atoms with Crippen molar-refractivity contribution in [1.29, 1.82) is 0 Å². The van der Waals surface area contributed by atoms with Gasteiger partial charge < -0.3 is 9.80 Å². The molecule has 5 nitrogen and oxygen atoms in total. The normalized spacial score (nSPS) is 16.1. The zero-order valence-electron chi connectivity index (χ0n) is 17.6. The van der Waals surface area contributed by atoms with Gasteiger partial charge in [-0.2, -0.15) is 0 Å². The Morgan fingerprint density at radius 1 is 0.933 bits per heavy atom. The zero-order chi connectivity index (χ0) is 21.1. The first-order valence-corrected chi connectivity index (χ1v) is 12.0. The van der Waals surface area contributed by atoms with E-state index in [1.807, 2.05) is 44.4 Å². The number of nitrogens with zero attached hydrogens (tertiary/aromatic N) is 1. The Hall–Kier alpha value is -2.41. The molecule has 1 atom stereocenters. The van der Waals surface area contributed by atoms with E-state index in [0.717, 1.165) is 29.5 Å². The van der Waals surface area contributed by atoms with E-state index in [9.17, 15) is 8.42 Å². The number of benzene rings is 3. The summed E-state index contributed by atoms with van der Waals surface area (Å²) in [7, 11) is 0.436. The van der Waals surface area contributed by atoms with Gasteiger partial charge in [0, 0.05) is 43.6 Å². The third-order valence-electron chi connectivity index (χ3n) is 6.07. The van der Waals surface area contributed by atoms with Crippen molar-refractivity contribution in [3.05, 3.63) is 72.3 Å². The summed E-state index contributed by atoms with van der Waals surface area (Å²) < 4.78 is 29.3. The van der Waals surface area contributed by atoms with Crippen LogP contribution < -0.4 is 14.5 Å². The van der Waals surface area contributed by atoms with Gasteiger partial charge in [0.15, 0.2) is 0 Å². The number of nitrogens with one attached hydrogen (secondary N) is 2. The van der Waals surface area contributed by atoms with Gasteiger partial charge in [-0.25, -0.2) is 13.1 Å². The number of quaternary nitrogens is 1. The zero-order valence-corrected chi connectivity index (χ0v) is 18.5. The monoisotopic (exact) mass is 424 g/mol. The minimum absolute atomic E-state index is 0.105. The van der Waals surface area contributed by atoms with Crippen LogP contribution in [0.5, 0.6) is 0 Å². The van der Waals surface area contributed by atoms with Crippen LogP contribution in [-0.2, 0) is 10.0 Å². The summed E-state index contributed by atoms with van der Waals surface area (Å²) in [6, 6.07) is 21.6. The van der Waals surface area contributed by atoms with Gasteiger partial charge >= 0.3 is 0 Å². The lowest BCUT2D eigenvalue weighted by Crippen LogP contribution is -3.11. The van der Waals surface area contributed by atoms with Gasteiger partial charge in [0.2, 0.25) is 10.0 Å². The Morgan fingerprint density at radius 2 is 1.60 bits per heavy atom. The molecule has 1 heterocycles. The lowest BCUT2D eigenvalue weighted by atomic mass is 10.1. The van der Waals surface area contributed by atoms with Gasteiger partial charge in [-0.3, -0.25) is 0 Å². The summed E-state index contributed by atoms with van der Waals surface area (Å²) in [6.45, 7) is 2.55. The highest BCUT2D eigenvalue weighted by molar-refractivity contribution is 7.89. The van der Waals surface area contributed by atoms with E-state index in [4.69, 9.17) is 0 Å². The van der Waals surface area contributed by atoms with Crippen LogP contribution in [0, 0.1) is 0 Å². The van der Waals surface area contributed by atoms with Crippen molar-refractivity contribution in [3.63, 3.8) is 0 Å². The van der Waals surface area contributed by atoms with Crippen molar-refractivity contribution in [2.75, 3.05) is 38.6 Å². The van der Waals surface area contributed by atoms with Crippen molar-refractivity contribution in [1.82, 2.24) is 4.72 Å². The molecule has 2 N–H and O–H groups in total. The molecule has 1 aliphatic rings. The van der Waals surface area contributed by atoms with Crippen LogP contribution >= 0.6 is 0 Å². The first kappa shape index (κ1) is 20.8. The molecule has 4 rings (SSSR count). The Labute approximate surface area is 179 Å². The second-order valence-electron chi connectivity index (χ2n) is 8.23. The lowest BCUT2D eigenvalue weighted by Gasteiger charge is -2.26. The molecule has 0 bridgehead atoms. The summed E-state index contributed by atoms with van der Waals surface area (Å²) in [5.41, 5.74) is 2.32. The van der Waals surface area contributed by atoms with Crippen molar-refractivity contribution in [2.24, 2.45) is 0 Å². The number of sulfonamides is 1. The van der Waals surface area contributed by atoms with Crippen LogP contribution in [0.1, 0.15) is 24.4 Å². The molecule has 0 aliphatic carbocycles. The molecule has 0 saturated carbocycles. The fourth-order valence-corrected chi connectivity index (χ4v) is 5.66. The third-order valence-corrected chi connectivity index (χ3v) is 7.55. The Kier molecular flexibility index (Phi) is 6.09. The maximum absolute atomic E-state index is 13.2. The predicted octanol–water partition coefficient (Wildman–Crippen LogP) is 2.60. The number of hydrogen-bond acceptors (Lipinski definition) is 3. The van der Waals surface area contributed by atoms with E-state index >= 15 is 0 Å². The highest BCUT2D eigenvalue weighted by Gasteiger charge is 2.29. The maximum atomic E-state index is 13.2. The standard InChI is InChI=1S/C24H29N3O2S/c1-26(2)21-14-12-20(13-15-21)23(27-16-5-6-17-27)18-25-30(28,29)24-11-7-9-19-8-3-4-10-22(19)24/h3-4,7-15,23,25H,5-6,16-18H2,1-2H3/p+1/t23-/m1/s1. The fraction of sp³-hybridized carbons (Fsp3) is 0.333. The molecule has 3 aromatic rings. The second kappa shape index (κ2) is 8.76. The van der Waals surface area contributed by atoms with E-state index in [-0.39, 0.29) is 6.04 Å². The van der Waals surface area contributed by atoms with Gasteiger partial charge in [0.05, 0.1) is 24.5 Å². The van der Waals surface area contributed by atoms with Gasteiger partial charge in [-0.05, 0) is 23.6 Å². The maximum Gasteiger partial charge on any atom is 0.241 e. The number of fused-ring (bicyclic) bond motifs is 1. The van der Waals surface area contributed by atoms with Crippen LogP contribution in [0.2, 0.25) is 0 Å². The first-order chi connectivity index (χ1) is 14.5. The lowest BCUT2D eigenvalue weighted by molar-refractivity contribution is -0.918. The van der Waals surface area contributed by atoms with Crippen molar-refractivity contribution in [2.45, 2.75) is 23.8 Å². The topological polar surface area (TPSA) is 53.9 Å². The highest BCUT2D eigenvalue weighted by atomic mass is 32.2.